The van der Waals surface area contributed by atoms with Crippen LogP contribution in [-0.4, -0.2) is 74.7 Å². The van der Waals surface area contributed by atoms with Crippen molar-refractivity contribution >= 4 is 11.9 Å². The van der Waals surface area contributed by atoms with Crippen molar-refractivity contribution in [3.8, 4) is 0 Å². The highest BCUT2D eigenvalue weighted by molar-refractivity contribution is 5.80. The summed E-state index contributed by atoms with van der Waals surface area (Å²) in [5.41, 5.74) is 5.26. The van der Waals surface area contributed by atoms with Gasteiger partial charge in [-0.2, -0.15) is 13.2 Å². The first-order chi connectivity index (χ1) is 11.2. The van der Waals surface area contributed by atoms with Crippen LogP contribution in [0.4, 0.5) is 13.2 Å². The molecule has 9 heteroatoms. The van der Waals surface area contributed by atoms with E-state index in [4.69, 9.17) is 5.73 Å². The van der Waals surface area contributed by atoms with Gasteiger partial charge < -0.3 is 16.0 Å². The van der Waals surface area contributed by atoms with Gasteiger partial charge in [0, 0.05) is 33.1 Å². The molecule has 1 aliphatic heterocycles. The van der Waals surface area contributed by atoms with Gasteiger partial charge in [-0.25, -0.2) is 0 Å². The number of nitrogens with one attached hydrogen (secondary N) is 1. The monoisotopic (exact) mass is 351 g/mol. The fourth-order valence-electron chi connectivity index (χ4n) is 2.98. The van der Waals surface area contributed by atoms with Gasteiger partial charge in [0.25, 0.3) is 0 Å². The SMILES string of the molecule is CN=C(NCCCN(C)CC(F)(F)F)N1CCCC(CC(N)=O)C1. The lowest BCUT2D eigenvalue weighted by atomic mass is 9.95. The third-order valence-electron chi connectivity index (χ3n) is 3.97. The van der Waals surface area contributed by atoms with Crippen molar-refractivity contribution in [2.45, 2.75) is 31.9 Å². The molecular formula is C15H28F3N5O. The Kier molecular flexibility index (Phi) is 8.30. The summed E-state index contributed by atoms with van der Waals surface area (Å²) in [6.07, 6.45) is -1.27. The van der Waals surface area contributed by atoms with Crippen LogP contribution in [0.2, 0.25) is 0 Å². The Morgan fingerprint density at radius 3 is 2.75 bits per heavy atom. The number of nitrogens with two attached hydrogens (primary N) is 1. The largest absolute Gasteiger partial charge is 0.401 e. The molecule has 1 rings (SSSR count). The second-order valence-corrected chi connectivity index (χ2v) is 6.31. The molecule has 0 bridgehead atoms. The molecule has 0 saturated carbocycles. The number of carbonyl (C=O) groups excluding carboxylic acids is 1. The van der Waals surface area contributed by atoms with Gasteiger partial charge in [-0.05, 0) is 38.8 Å². The number of hydrogen-bond donors (Lipinski definition) is 2. The van der Waals surface area contributed by atoms with E-state index in [9.17, 15) is 18.0 Å². The smallest absolute Gasteiger partial charge is 0.370 e. The lowest BCUT2D eigenvalue weighted by Crippen LogP contribution is -2.47. The van der Waals surface area contributed by atoms with Crippen LogP contribution in [0.15, 0.2) is 4.99 Å². The van der Waals surface area contributed by atoms with E-state index in [0.29, 0.717) is 25.9 Å². The highest BCUT2D eigenvalue weighted by atomic mass is 19.4. The van der Waals surface area contributed by atoms with E-state index in [1.807, 2.05) is 0 Å². The standard InChI is InChI=1S/C15H28F3N5O/c1-20-14(21-6-4-7-22(2)11-15(16,17)18)23-8-3-5-12(10-23)9-13(19)24/h12H,3-11H2,1-2H3,(H2,19,24)(H,20,21). The Bertz CT molecular complexity index is 428. The summed E-state index contributed by atoms with van der Waals surface area (Å²) in [5.74, 6) is 0.660. The molecule has 1 heterocycles. The maximum absolute atomic E-state index is 12.3. The average Bonchev–Trinajstić information content (AvgIpc) is 2.45. The minimum absolute atomic E-state index is 0.229. The van der Waals surface area contributed by atoms with Crippen molar-refractivity contribution < 1.29 is 18.0 Å². The Balaban J connectivity index is 2.33. The zero-order chi connectivity index (χ0) is 18.2. The normalized spacial score (nSPS) is 19.7. The topological polar surface area (TPSA) is 74.0 Å². The zero-order valence-electron chi connectivity index (χ0n) is 14.4. The number of aliphatic imine (C=N–C) groups is 1. The molecule has 0 radical (unpaired) electrons. The number of rotatable bonds is 7. The van der Waals surface area contributed by atoms with E-state index in [1.165, 1.54) is 11.9 Å². The van der Waals surface area contributed by atoms with Crippen molar-refractivity contribution in [1.82, 2.24) is 15.1 Å². The molecule has 24 heavy (non-hydrogen) atoms. The summed E-state index contributed by atoms with van der Waals surface area (Å²) in [6, 6.07) is 0. The first-order valence-electron chi connectivity index (χ1n) is 8.20. The summed E-state index contributed by atoms with van der Waals surface area (Å²) in [6.45, 7) is 1.57. The van der Waals surface area contributed by atoms with Crippen LogP contribution in [0.25, 0.3) is 0 Å². The number of hydrogen-bond acceptors (Lipinski definition) is 3. The Morgan fingerprint density at radius 2 is 2.17 bits per heavy atom. The van der Waals surface area contributed by atoms with Crippen LogP contribution < -0.4 is 11.1 Å². The summed E-state index contributed by atoms with van der Waals surface area (Å²) < 4.78 is 36.8. The van der Waals surface area contributed by atoms with E-state index in [-0.39, 0.29) is 11.8 Å². The van der Waals surface area contributed by atoms with Gasteiger partial charge in [-0.3, -0.25) is 14.7 Å². The number of carbonyl (C=O) groups is 1. The third kappa shape index (κ3) is 8.37. The molecule has 0 aliphatic carbocycles. The fraction of sp³-hybridized carbons (Fsp3) is 0.867. The molecule has 0 aromatic heterocycles. The number of piperidine rings is 1. The molecule has 1 atom stereocenters. The van der Waals surface area contributed by atoms with Crippen molar-refractivity contribution in [3.05, 3.63) is 0 Å². The molecule has 3 N–H and O–H groups in total. The number of likely N-dealkylation sites (tertiary alicyclic amines) is 1. The highest BCUT2D eigenvalue weighted by Gasteiger charge is 2.28. The Hall–Kier alpha value is -1.51. The molecule has 1 aliphatic rings. The summed E-state index contributed by atoms with van der Waals surface area (Å²) >= 11 is 0. The average molecular weight is 351 g/mol. The Labute approximate surface area is 141 Å². The van der Waals surface area contributed by atoms with E-state index < -0.39 is 12.7 Å². The van der Waals surface area contributed by atoms with Gasteiger partial charge in [0.1, 0.15) is 0 Å². The lowest BCUT2D eigenvalue weighted by molar-refractivity contribution is -0.143. The molecule has 1 saturated heterocycles. The van der Waals surface area contributed by atoms with Crippen LogP contribution in [0, 0.1) is 5.92 Å². The van der Waals surface area contributed by atoms with Crippen LogP contribution in [0.1, 0.15) is 25.7 Å². The van der Waals surface area contributed by atoms with Gasteiger partial charge in [-0.1, -0.05) is 0 Å². The molecule has 6 nitrogen and oxygen atoms in total. The van der Waals surface area contributed by atoms with E-state index >= 15 is 0 Å². The minimum atomic E-state index is -4.17. The molecule has 1 amide bonds. The maximum atomic E-state index is 12.3. The first kappa shape index (κ1) is 20.5. The summed E-state index contributed by atoms with van der Waals surface area (Å²) in [7, 11) is 3.14. The number of nitrogens with zero attached hydrogens (tertiary/aromatic N) is 3. The summed E-state index contributed by atoms with van der Waals surface area (Å²) in [5, 5.41) is 3.18. The minimum Gasteiger partial charge on any atom is -0.370 e. The number of guanidine groups is 1. The maximum Gasteiger partial charge on any atom is 0.401 e. The quantitative estimate of drug-likeness (QED) is 0.408. The highest BCUT2D eigenvalue weighted by Crippen LogP contribution is 2.19. The van der Waals surface area contributed by atoms with Gasteiger partial charge in [0.05, 0.1) is 6.54 Å². The molecule has 1 unspecified atom stereocenters. The number of amides is 1. The van der Waals surface area contributed by atoms with E-state index in [2.05, 4.69) is 15.2 Å². The van der Waals surface area contributed by atoms with Gasteiger partial charge in [0.15, 0.2) is 5.96 Å². The van der Waals surface area contributed by atoms with Crippen molar-refractivity contribution in [1.29, 1.82) is 0 Å². The van der Waals surface area contributed by atoms with E-state index in [0.717, 1.165) is 31.9 Å². The third-order valence-corrected chi connectivity index (χ3v) is 3.97. The van der Waals surface area contributed by atoms with Crippen LogP contribution in [0.3, 0.4) is 0 Å². The number of alkyl halides is 3. The zero-order valence-corrected chi connectivity index (χ0v) is 14.4. The van der Waals surface area contributed by atoms with Crippen LogP contribution in [-0.2, 0) is 4.79 Å². The molecule has 0 aromatic rings. The number of halogens is 3. The van der Waals surface area contributed by atoms with Gasteiger partial charge in [-0.15, -0.1) is 0 Å². The van der Waals surface area contributed by atoms with Crippen molar-refractivity contribution in [2.75, 3.05) is 46.8 Å². The summed E-state index contributed by atoms with van der Waals surface area (Å²) in [4.78, 5) is 18.6. The lowest BCUT2D eigenvalue weighted by Gasteiger charge is -2.34. The second kappa shape index (κ2) is 9.71. The van der Waals surface area contributed by atoms with Crippen molar-refractivity contribution in [3.63, 3.8) is 0 Å². The van der Waals surface area contributed by atoms with E-state index in [1.54, 1.807) is 7.05 Å². The Morgan fingerprint density at radius 1 is 1.46 bits per heavy atom. The molecule has 140 valence electrons. The first-order valence-corrected chi connectivity index (χ1v) is 8.20. The number of primary amides is 1. The molecular weight excluding hydrogens is 323 g/mol. The predicted octanol–water partition coefficient (Wildman–Crippen LogP) is 1.03. The van der Waals surface area contributed by atoms with Crippen LogP contribution in [0.5, 0.6) is 0 Å². The predicted molar refractivity (Wildman–Crippen MR) is 87.6 cm³/mol. The fourth-order valence-corrected chi connectivity index (χ4v) is 2.98. The van der Waals surface area contributed by atoms with Gasteiger partial charge >= 0.3 is 6.18 Å². The molecule has 0 spiro atoms. The second-order valence-electron chi connectivity index (χ2n) is 6.31. The van der Waals surface area contributed by atoms with Crippen molar-refractivity contribution in [2.24, 2.45) is 16.6 Å². The molecule has 1 fully saturated rings. The van der Waals surface area contributed by atoms with Gasteiger partial charge in [0.2, 0.25) is 5.91 Å². The molecule has 0 aromatic carbocycles. The van der Waals surface area contributed by atoms with Crippen LogP contribution >= 0.6 is 0 Å².